The van der Waals surface area contributed by atoms with Crippen LogP contribution in [0.5, 0.6) is 0 Å². The van der Waals surface area contributed by atoms with Gasteiger partial charge in [-0.05, 0) is 76.0 Å². The Kier molecular flexibility index (Phi) is 11.0. The Hall–Kier alpha value is -1.87. The second-order valence-corrected chi connectivity index (χ2v) is 15.4. The van der Waals surface area contributed by atoms with Gasteiger partial charge in [-0.25, -0.2) is 0 Å². The monoisotopic (exact) mass is 650 g/mol. The van der Waals surface area contributed by atoms with Gasteiger partial charge in [0.15, 0.2) is 0 Å². The van der Waals surface area contributed by atoms with Gasteiger partial charge in [0.25, 0.3) is 0 Å². The fourth-order valence-electron chi connectivity index (χ4n) is 7.82. The lowest BCUT2D eigenvalue weighted by Crippen LogP contribution is -2.52. The van der Waals surface area contributed by atoms with Crippen LogP contribution in [0.2, 0.25) is 5.02 Å². The molecule has 3 heterocycles. The molecule has 3 aliphatic heterocycles. The number of hydrogen-bond donors (Lipinski definition) is 0. The predicted octanol–water partition coefficient (Wildman–Crippen LogP) is 5.22. The second kappa shape index (κ2) is 13.9. The van der Waals surface area contributed by atoms with Crippen molar-refractivity contribution >= 4 is 41.7 Å². The Morgan fingerprint density at radius 1 is 0.932 bits per heavy atom. The SMILES string of the molecule is CC(=O)N(C1CCC(C)(C)CC1)[C@H]1C[C@@H](C(=O)N2CCOCC2)N(C(=O)[C@@H]2CN(C(C)(C)C)C[C@H]2c2ccc(Cl)cc2)C1.Cl. The largest absolute Gasteiger partial charge is 0.378 e. The van der Waals surface area contributed by atoms with Crippen molar-refractivity contribution in [2.45, 2.75) is 103 Å². The topological polar surface area (TPSA) is 73.4 Å². The first kappa shape index (κ1) is 35.0. The van der Waals surface area contributed by atoms with Crippen molar-refractivity contribution in [2.75, 3.05) is 45.9 Å². The molecule has 4 atom stereocenters. The van der Waals surface area contributed by atoms with Crippen LogP contribution in [0.25, 0.3) is 0 Å². The maximum atomic E-state index is 14.7. The minimum absolute atomic E-state index is 0. The van der Waals surface area contributed by atoms with Crippen molar-refractivity contribution in [1.29, 1.82) is 0 Å². The first-order valence-corrected chi connectivity index (χ1v) is 16.6. The maximum absolute atomic E-state index is 14.7. The number of hydrogen-bond acceptors (Lipinski definition) is 5. The molecule has 0 radical (unpaired) electrons. The quantitative estimate of drug-likeness (QED) is 0.437. The van der Waals surface area contributed by atoms with Crippen LogP contribution >= 0.6 is 24.0 Å². The lowest BCUT2D eigenvalue weighted by atomic mass is 9.75. The molecule has 10 heteroatoms. The normalized spacial score (nSPS) is 28.1. The summed E-state index contributed by atoms with van der Waals surface area (Å²) in [5.41, 5.74) is 1.27. The Bertz CT molecular complexity index is 1170. The van der Waals surface area contributed by atoms with Gasteiger partial charge >= 0.3 is 0 Å². The average Bonchev–Trinajstić information content (AvgIpc) is 3.60. The summed E-state index contributed by atoms with van der Waals surface area (Å²) in [5, 5.41) is 0.672. The highest BCUT2D eigenvalue weighted by atomic mass is 35.5. The average molecular weight is 652 g/mol. The smallest absolute Gasteiger partial charge is 0.245 e. The zero-order valence-electron chi connectivity index (χ0n) is 27.4. The van der Waals surface area contributed by atoms with Crippen LogP contribution in [0, 0.1) is 11.3 Å². The van der Waals surface area contributed by atoms with E-state index in [2.05, 4.69) is 39.5 Å². The molecule has 0 aromatic heterocycles. The molecule has 1 aliphatic carbocycles. The van der Waals surface area contributed by atoms with Gasteiger partial charge in [0, 0.05) is 62.2 Å². The number of amides is 3. The van der Waals surface area contributed by atoms with Gasteiger partial charge in [0.2, 0.25) is 17.7 Å². The molecule has 5 rings (SSSR count). The number of morpholine rings is 1. The van der Waals surface area contributed by atoms with Crippen LogP contribution in [0.3, 0.4) is 0 Å². The van der Waals surface area contributed by atoms with Crippen LogP contribution in [0.1, 0.15) is 85.1 Å². The van der Waals surface area contributed by atoms with E-state index < -0.39 is 6.04 Å². The Morgan fingerprint density at radius 2 is 1.55 bits per heavy atom. The highest BCUT2D eigenvalue weighted by Crippen LogP contribution is 2.41. The summed E-state index contributed by atoms with van der Waals surface area (Å²) in [6, 6.07) is 7.25. The molecule has 1 saturated carbocycles. The van der Waals surface area contributed by atoms with E-state index in [1.807, 2.05) is 39.0 Å². The van der Waals surface area contributed by atoms with Gasteiger partial charge in [-0.3, -0.25) is 19.3 Å². The maximum Gasteiger partial charge on any atom is 0.245 e. The van der Waals surface area contributed by atoms with Crippen LogP contribution in [-0.4, -0.2) is 107 Å². The zero-order valence-corrected chi connectivity index (χ0v) is 29.0. The number of carbonyl (C=O) groups excluding carboxylic acids is 3. The van der Waals surface area contributed by atoms with E-state index >= 15 is 0 Å². The van der Waals surface area contributed by atoms with Crippen molar-refractivity contribution in [3.8, 4) is 0 Å². The minimum atomic E-state index is -0.577. The summed E-state index contributed by atoms with van der Waals surface area (Å²) in [4.78, 5) is 50.2. The summed E-state index contributed by atoms with van der Waals surface area (Å²) in [7, 11) is 0. The first-order valence-electron chi connectivity index (χ1n) is 16.2. The van der Waals surface area contributed by atoms with Gasteiger partial charge in [-0.1, -0.05) is 37.6 Å². The van der Waals surface area contributed by atoms with Crippen LogP contribution in [0.4, 0.5) is 0 Å². The van der Waals surface area contributed by atoms with E-state index in [1.54, 1.807) is 6.92 Å². The van der Waals surface area contributed by atoms with Crippen LogP contribution in [0.15, 0.2) is 24.3 Å². The number of halogens is 2. The third-order valence-corrected chi connectivity index (χ3v) is 10.8. The number of rotatable bonds is 5. The predicted molar refractivity (Wildman–Crippen MR) is 176 cm³/mol. The summed E-state index contributed by atoms with van der Waals surface area (Å²) < 4.78 is 5.53. The molecule has 3 saturated heterocycles. The van der Waals surface area contributed by atoms with Crippen LogP contribution in [-0.2, 0) is 19.1 Å². The van der Waals surface area contributed by atoms with E-state index in [1.165, 1.54) is 0 Å². The van der Waals surface area contributed by atoms with Gasteiger partial charge in [0.05, 0.1) is 25.2 Å². The van der Waals surface area contributed by atoms with Gasteiger partial charge in [-0.15, -0.1) is 12.4 Å². The first-order chi connectivity index (χ1) is 20.2. The molecule has 0 N–H and O–H groups in total. The molecule has 1 aromatic rings. The second-order valence-electron chi connectivity index (χ2n) is 15.0. The summed E-state index contributed by atoms with van der Waals surface area (Å²) in [5.74, 6) is -0.248. The standard InChI is InChI=1S/C34H51ClN4O4.ClH/c1-23(40)39(26-11-13-34(5,6)14-12-26)27-19-30(32(42)36-15-17-43-18-16-36)38(20-27)31(41)29-22-37(33(2,3)4)21-28(29)24-7-9-25(35)10-8-24;/h7-10,26-30H,11-22H2,1-6H3;1H/t27-,28-,29+,30-;/m0./s1. The molecular weight excluding hydrogens is 599 g/mol. The van der Waals surface area contributed by atoms with Crippen molar-refractivity contribution < 1.29 is 19.1 Å². The van der Waals surface area contributed by atoms with E-state index in [-0.39, 0.29) is 65.0 Å². The molecule has 4 aliphatic rings. The molecule has 1 aromatic carbocycles. The van der Waals surface area contributed by atoms with E-state index in [0.29, 0.717) is 50.8 Å². The molecule has 0 spiro atoms. The third-order valence-electron chi connectivity index (χ3n) is 10.5. The number of nitrogens with zero attached hydrogens (tertiary/aromatic N) is 4. The molecule has 0 bridgehead atoms. The lowest BCUT2D eigenvalue weighted by Gasteiger charge is -2.42. The summed E-state index contributed by atoms with van der Waals surface area (Å²) in [6.45, 7) is 16.7. The van der Waals surface area contributed by atoms with E-state index in [4.69, 9.17) is 16.3 Å². The Balaban J connectivity index is 0.00000442. The number of likely N-dealkylation sites (tertiary alicyclic amines) is 2. The molecule has 0 unspecified atom stereocenters. The van der Waals surface area contributed by atoms with Crippen molar-refractivity contribution in [3.63, 3.8) is 0 Å². The number of ether oxygens (including phenoxy) is 1. The van der Waals surface area contributed by atoms with E-state index in [9.17, 15) is 14.4 Å². The molecule has 4 fully saturated rings. The number of carbonyl (C=O) groups is 3. The Labute approximate surface area is 275 Å². The van der Waals surface area contributed by atoms with Gasteiger partial charge < -0.3 is 19.4 Å². The van der Waals surface area contributed by atoms with Crippen molar-refractivity contribution in [2.24, 2.45) is 11.3 Å². The van der Waals surface area contributed by atoms with Crippen molar-refractivity contribution in [3.05, 3.63) is 34.9 Å². The summed E-state index contributed by atoms with van der Waals surface area (Å²) in [6.07, 6.45) is 4.55. The summed E-state index contributed by atoms with van der Waals surface area (Å²) >= 11 is 6.23. The molecule has 8 nitrogen and oxygen atoms in total. The van der Waals surface area contributed by atoms with Crippen molar-refractivity contribution in [1.82, 2.24) is 19.6 Å². The fraction of sp³-hybridized carbons (Fsp3) is 0.735. The molecule has 246 valence electrons. The molecule has 3 amide bonds. The molecule has 44 heavy (non-hydrogen) atoms. The van der Waals surface area contributed by atoms with Gasteiger partial charge in [0.1, 0.15) is 6.04 Å². The van der Waals surface area contributed by atoms with Gasteiger partial charge in [-0.2, -0.15) is 0 Å². The highest BCUT2D eigenvalue weighted by molar-refractivity contribution is 6.30. The Morgan fingerprint density at radius 3 is 2.11 bits per heavy atom. The fourth-order valence-corrected chi connectivity index (χ4v) is 7.95. The third kappa shape index (κ3) is 7.56. The minimum Gasteiger partial charge on any atom is -0.378 e. The highest BCUT2D eigenvalue weighted by Gasteiger charge is 2.50. The zero-order chi connectivity index (χ0) is 31.1. The van der Waals surface area contributed by atoms with Crippen LogP contribution < -0.4 is 0 Å². The molecular formula is C34H52Cl2N4O4. The van der Waals surface area contributed by atoms with E-state index in [0.717, 1.165) is 37.8 Å². The number of benzene rings is 1. The lowest BCUT2D eigenvalue weighted by molar-refractivity contribution is -0.148.